The number of ether oxygens (including phenoxy) is 2. The lowest BCUT2D eigenvalue weighted by Crippen LogP contribution is -2.61. The van der Waals surface area contributed by atoms with Gasteiger partial charge in [-0.2, -0.15) is 0 Å². The van der Waals surface area contributed by atoms with Crippen LogP contribution < -0.4 is 10.2 Å². The summed E-state index contributed by atoms with van der Waals surface area (Å²) in [4.78, 5) is 38.2. The fourth-order valence-electron chi connectivity index (χ4n) is 5.58. The fourth-order valence-corrected chi connectivity index (χ4v) is 5.58. The Labute approximate surface area is 205 Å². The standard InChI is InChI=1S/C25H36FN5O4/c26-18-14-27-25(28-15-18)30-11-8-19(9-12-30)35-16-21-20(29-23(32)22-7-3-13-34-22)6-2-10-31(21)24(33)17-4-1-5-17/h14-15,17,19-22H,1-13,16H2,(H,29,32)/t20-,21-,22+/m1/s1. The Morgan fingerprint density at radius 2 is 1.80 bits per heavy atom. The summed E-state index contributed by atoms with van der Waals surface area (Å²) >= 11 is 0. The van der Waals surface area contributed by atoms with E-state index in [9.17, 15) is 14.0 Å². The van der Waals surface area contributed by atoms with E-state index >= 15 is 0 Å². The Balaban J connectivity index is 1.19. The van der Waals surface area contributed by atoms with Gasteiger partial charge in [-0.3, -0.25) is 9.59 Å². The largest absolute Gasteiger partial charge is 0.376 e. The van der Waals surface area contributed by atoms with E-state index in [1.54, 1.807) is 0 Å². The number of halogens is 1. The molecule has 1 N–H and O–H groups in total. The normalized spacial score (nSPS) is 28.1. The summed E-state index contributed by atoms with van der Waals surface area (Å²) in [5.74, 6) is 0.351. The van der Waals surface area contributed by atoms with Crippen molar-refractivity contribution < 1.29 is 23.5 Å². The quantitative estimate of drug-likeness (QED) is 0.626. The molecule has 1 aliphatic carbocycles. The molecule has 3 saturated heterocycles. The molecule has 35 heavy (non-hydrogen) atoms. The average Bonchev–Trinajstić information content (AvgIpc) is 3.38. The van der Waals surface area contributed by atoms with E-state index in [4.69, 9.17) is 9.47 Å². The van der Waals surface area contributed by atoms with E-state index < -0.39 is 5.82 Å². The molecule has 9 nitrogen and oxygen atoms in total. The predicted molar refractivity (Wildman–Crippen MR) is 126 cm³/mol. The van der Waals surface area contributed by atoms with Gasteiger partial charge in [0, 0.05) is 32.2 Å². The number of likely N-dealkylation sites (tertiary alicyclic amines) is 1. The lowest BCUT2D eigenvalue weighted by atomic mass is 9.83. The molecule has 1 saturated carbocycles. The van der Waals surface area contributed by atoms with Crippen molar-refractivity contribution in [3.8, 4) is 0 Å². The number of carbonyl (C=O) groups excluding carboxylic acids is 2. The molecular formula is C25H36FN5O4. The molecule has 4 aliphatic rings. The molecule has 0 spiro atoms. The second-order valence-electron chi connectivity index (χ2n) is 10.2. The number of carbonyl (C=O) groups is 2. The number of nitrogens with zero attached hydrogens (tertiary/aromatic N) is 4. The van der Waals surface area contributed by atoms with Gasteiger partial charge in [0.05, 0.1) is 37.2 Å². The highest BCUT2D eigenvalue weighted by Gasteiger charge is 2.40. The zero-order valence-corrected chi connectivity index (χ0v) is 20.2. The zero-order valence-electron chi connectivity index (χ0n) is 20.2. The molecule has 1 aromatic rings. The zero-order chi connectivity index (χ0) is 24.2. The Kier molecular flexibility index (Phi) is 7.77. The molecule has 0 aromatic carbocycles. The summed E-state index contributed by atoms with van der Waals surface area (Å²) in [5.41, 5.74) is 0. The molecule has 3 aliphatic heterocycles. The van der Waals surface area contributed by atoms with Crippen LogP contribution in [0.1, 0.15) is 57.8 Å². The second kappa shape index (κ2) is 11.2. The third-order valence-electron chi connectivity index (χ3n) is 7.90. The number of hydrogen-bond acceptors (Lipinski definition) is 7. The first-order chi connectivity index (χ1) is 17.1. The highest BCUT2D eigenvalue weighted by Crippen LogP contribution is 2.31. The molecule has 5 rings (SSSR count). The third-order valence-corrected chi connectivity index (χ3v) is 7.90. The van der Waals surface area contributed by atoms with Gasteiger partial charge in [0.15, 0.2) is 5.82 Å². The van der Waals surface area contributed by atoms with Crippen molar-refractivity contribution in [3.05, 3.63) is 18.2 Å². The maximum Gasteiger partial charge on any atom is 0.249 e. The van der Waals surface area contributed by atoms with Crippen LogP contribution in [0.3, 0.4) is 0 Å². The number of hydrogen-bond donors (Lipinski definition) is 1. The number of piperidine rings is 2. The van der Waals surface area contributed by atoms with E-state index in [1.807, 2.05) is 9.80 Å². The van der Waals surface area contributed by atoms with Gasteiger partial charge in [0.1, 0.15) is 6.10 Å². The van der Waals surface area contributed by atoms with Crippen LogP contribution in [-0.2, 0) is 19.1 Å². The van der Waals surface area contributed by atoms with E-state index in [0.717, 1.165) is 77.4 Å². The minimum absolute atomic E-state index is 0.0591. The minimum Gasteiger partial charge on any atom is -0.376 e. The topological polar surface area (TPSA) is 96.9 Å². The van der Waals surface area contributed by atoms with Crippen molar-refractivity contribution in [2.45, 2.75) is 82.1 Å². The van der Waals surface area contributed by atoms with E-state index in [1.165, 1.54) is 12.4 Å². The lowest BCUT2D eigenvalue weighted by molar-refractivity contribution is -0.147. The van der Waals surface area contributed by atoms with Crippen molar-refractivity contribution >= 4 is 17.8 Å². The fraction of sp³-hybridized carbons (Fsp3) is 0.760. The highest BCUT2D eigenvalue weighted by atomic mass is 19.1. The number of anilines is 1. The van der Waals surface area contributed by atoms with Gasteiger partial charge in [0.2, 0.25) is 17.8 Å². The molecule has 4 fully saturated rings. The van der Waals surface area contributed by atoms with Crippen LogP contribution in [-0.4, -0.2) is 83.8 Å². The number of rotatable bonds is 7. The van der Waals surface area contributed by atoms with Crippen LogP contribution in [0.4, 0.5) is 10.3 Å². The summed E-state index contributed by atoms with van der Waals surface area (Å²) in [6, 6.07) is -0.294. The Hall–Kier alpha value is -2.33. The molecule has 4 heterocycles. The summed E-state index contributed by atoms with van der Waals surface area (Å²) in [7, 11) is 0. The Morgan fingerprint density at radius 1 is 1.03 bits per heavy atom. The Morgan fingerprint density at radius 3 is 2.46 bits per heavy atom. The number of aromatic nitrogens is 2. The molecule has 2 amide bonds. The summed E-state index contributed by atoms with van der Waals surface area (Å²) in [5, 5.41) is 3.20. The molecule has 0 bridgehead atoms. The van der Waals surface area contributed by atoms with Crippen LogP contribution in [0.15, 0.2) is 12.4 Å². The van der Waals surface area contributed by atoms with Gasteiger partial charge < -0.3 is 24.6 Å². The minimum atomic E-state index is -0.443. The third kappa shape index (κ3) is 5.74. The first-order valence-corrected chi connectivity index (χ1v) is 13.1. The summed E-state index contributed by atoms with van der Waals surface area (Å²) < 4.78 is 25.1. The summed E-state index contributed by atoms with van der Waals surface area (Å²) in [6.45, 7) is 3.21. The number of nitrogens with one attached hydrogen (secondary N) is 1. The van der Waals surface area contributed by atoms with Crippen LogP contribution >= 0.6 is 0 Å². The van der Waals surface area contributed by atoms with E-state index in [2.05, 4.69) is 15.3 Å². The van der Waals surface area contributed by atoms with Crippen molar-refractivity contribution in [2.24, 2.45) is 5.92 Å². The predicted octanol–water partition coefficient (Wildman–Crippen LogP) is 2.06. The summed E-state index contributed by atoms with van der Waals surface area (Å²) in [6.07, 6.45) is 10.1. The first-order valence-electron chi connectivity index (χ1n) is 13.1. The van der Waals surface area contributed by atoms with Gasteiger partial charge in [-0.15, -0.1) is 0 Å². The molecule has 1 aromatic heterocycles. The van der Waals surface area contributed by atoms with Gasteiger partial charge in [-0.25, -0.2) is 14.4 Å². The maximum absolute atomic E-state index is 13.2. The lowest BCUT2D eigenvalue weighted by Gasteiger charge is -2.44. The van der Waals surface area contributed by atoms with E-state index in [-0.39, 0.29) is 42.0 Å². The SMILES string of the molecule is O=C(N[C@@H]1CCCN(C(=O)C2CCC2)[C@@H]1COC1CCN(c2ncc(F)cn2)CC1)[C@@H]1CCCO1. The van der Waals surface area contributed by atoms with Crippen LogP contribution in [0, 0.1) is 11.7 Å². The molecule has 10 heteroatoms. The smallest absolute Gasteiger partial charge is 0.249 e. The van der Waals surface area contributed by atoms with Gasteiger partial charge >= 0.3 is 0 Å². The number of amides is 2. The highest BCUT2D eigenvalue weighted by molar-refractivity contribution is 5.82. The monoisotopic (exact) mass is 489 g/mol. The molecule has 192 valence electrons. The van der Waals surface area contributed by atoms with Crippen molar-refractivity contribution in [2.75, 3.05) is 37.7 Å². The van der Waals surface area contributed by atoms with Crippen molar-refractivity contribution in [3.63, 3.8) is 0 Å². The average molecular weight is 490 g/mol. The molecule has 0 radical (unpaired) electrons. The van der Waals surface area contributed by atoms with Gasteiger partial charge in [0.25, 0.3) is 0 Å². The van der Waals surface area contributed by atoms with Gasteiger partial charge in [-0.1, -0.05) is 6.42 Å². The van der Waals surface area contributed by atoms with Crippen molar-refractivity contribution in [1.82, 2.24) is 20.2 Å². The van der Waals surface area contributed by atoms with Gasteiger partial charge in [-0.05, 0) is 51.4 Å². The van der Waals surface area contributed by atoms with E-state index in [0.29, 0.717) is 19.2 Å². The first kappa shape index (κ1) is 24.4. The van der Waals surface area contributed by atoms with Crippen LogP contribution in [0.2, 0.25) is 0 Å². The second-order valence-corrected chi connectivity index (χ2v) is 10.2. The molecule has 0 unspecified atom stereocenters. The van der Waals surface area contributed by atoms with Crippen LogP contribution in [0.5, 0.6) is 0 Å². The maximum atomic E-state index is 13.2. The molecular weight excluding hydrogens is 453 g/mol. The molecule has 3 atom stereocenters. The Bertz CT molecular complexity index is 869. The van der Waals surface area contributed by atoms with Crippen LogP contribution in [0.25, 0.3) is 0 Å². The van der Waals surface area contributed by atoms with Crippen molar-refractivity contribution in [1.29, 1.82) is 0 Å².